The summed E-state index contributed by atoms with van der Waals surface area (Å²) in [6.07, 6.45) is 1.35. The summed E-state index contributed by atoms with van der Waals surface area (Å²) >= 11 is 0. The molecule has 3 rings (SSSR count). The van der Waals surface area contributed by atoms with Gasteiger partial charge in [-0.15, -0.1) is 0 Å². The Kier molecular flexibility index (Phi) is 6.81. The second kappa shape index (κ2) is 9.16. The zero-order chi connectivity index (χ0) is 21.8. The van der Waals surface area contributed by atoms with Crippen LogP contribution in [0.3, 0.4) is 0 Å². The largest absolute Gasteiger partial charge is 0.489 e. The van der Waals surface area contributed by atoms with Gasteiger partial charge in [-0.05, 0) is 28.5 Å². The molecule has 0 aliphatic rings. The Morgan fingerprint density at radius 1 is 0.967 bits per heavy atom. The predicted molar refractivity (Wildman–Crippen MR) is 121 cm³/mol. The van der Waals surface area contributed by atoms with Crippen molar-refractivity contribution in [1.29, 1.82) is 0 Å². The molecule has 0 spiro atoms. The van der Waals surface area contributed by atoms with E-state index in [2.05, 4.69) is 44.4 Å². The van der Waals surface area contributed by atoms with Gasteiger partial charge in [0.2, 0.25) is 0 Å². The molecular formula is C24H30NO4S+. The second-order valence-corrected chi connectivity index (χ2v) is 10.4. The van der Waals surface area contributed by atoms with Gasteiger partial charge in [-0.2, -0.15) is 0 Å². The minimum absolute atomic E-state index is 0.0458. The summed E-state index contributed by atoms with van der Waals surface area (Å²) in [5, 5.41) is 13.0. The molecule has 3 aromatic rings. The SMILES string of the molecule is C[N+](C)(CCc1ccc2ccccc2c1)C[C@@H](O)COc1ccccc1S(C)(=O)=O. The van der Waals surface area contributed by atoms with E-state index in [-0.39, 0.29) is 17.3 Å². The van der Waals surface area contributed by atoms with E-state index in [0.717, 1.165) is 19.2 Å². The van der Waals surface area contributed by atoms with Crippen molar-refractivity contribution in [3.05, 3.63) is 72.3 Å². The fraction of sp³-hybridized carbons (Fsp3) is 0.333. The van der Waals surface area contributed by atoms with E-state index in [1.54, 1.807) is 18.2 Å². The van der Waals surface area contributed by atoms with Gasteiger partial charge in [0.25, 0.3) is 0 Å². The lowest BCUT2D eigenvalue weighted by atomic mass is 10.0. The first-order valence-electron chi connectivity index (χ1n) is 10.0. The van der Waals surface area contributed by atoms with Crippen molar-refractivity contribution in [2.45, 2.75) is 17.4 Å². The molecule has 160 valence electrons. The van der Waals surface area contributed by atoms with Gasteiger partial charge in [-0.1, -0.05) is 54.6 Å². The standard InChI is InChI=1S/C24H30NO4S/c1-25(2,15-14-19-12-13-20-8-4-5-9-21(20)16-19)17-22(26)18-29-23-10-6-7-11-24(23)30(3,27)28/h4-13,16,22,26H,14-15,17-18H2,1-3H3/q+1/t22-/m1/s1. The van der Waals surface area contributed by atoms with E-state index in [4.69, 9.17) is 4.74 Å². The number of sulfone groups is 1. The number of aliphatic hydroxyl groups excluding tert-OH is 1. The number of nitrogens with zero attached hydrogens (tertiary/aromatic N) is 1. The van der Waals surface area contributed by atoms with Crippen molar-refractivity contribution in [2.24, 2.45) is 0 Å². The van der Waals surface area contributed by atoms with Gasteiger partial charge in [-0.3, -0.25) is 0 Å². The molecular weight excluding hydrogens is 398 g/mol. The van der Waals surface area contributed by atoms with Crippen LogP contribution in [0.2, 0.25) is 0 Å². The van der Waals surface area contributed by atoms with Crippen molar-refractivity contribution >= 4 is 20.6 Å². The fourth-order valence-electron chi connectivity index (χ4n) is 3.60. The summed E-state index contributed by atoms with van der Waals surface area (Å²) in [6, 6.07) is 21.3. The van der Waals surface area contributed by atoms with Crippen molar-refractivity contribution in [3.8, 4) is 5.75 Å². The van der Waals surface area contributed by atoms with Gasteiger partial charge in [0.15, 0.2) is 9.84 Å². The number of benzene rings is 3. The number of para-hydroxylation sites is 1. The number of ether oxygens (including phenoxy) is 1. The molecule has 1 N–H and O–H groups in total. The smallest absolute Gasteiger partial charge is 0.179 e. The van der Waals surface area contributed by atoms with Crippen LogP contribution < -0.4 is 4.74 Å². The maximum Gasteiger partial charge on any atom is 0.179 e. The zero-order valence-corrected chi connectivity index (χ0v) is 18.6. The maximum atomic E-state index is 11.9. The molecule has 0 aliphatic carbocycles. The fourth-order valence-corrected chi connectivity index (χ4v) is 4.42. The molecule has 0 radical (unpaired) electrons. The molecule has 5 nitrogen and oxygen atoms in total. The normalized spacial score (nSPS) is 13.3. The molecule has 0 amide bonds. The van der Waals surface area contributed by atoms with Crippen LogP contribution >= 0.6 is 0 Å². The molecule has 0 saturated carbocycles. The number of quaternary nitrogens is 1. The summed E-state index contributed by atoms with van der Waals surface area (Å²) < 4.78 is 30.0. The van der Waals surface area contributed by atoms with E-state index >= 15 is 0 Å². The minimum Gasteiger partial charge on any atom is -0.489 e. The third-order valence-corrected chi connectivity index (χ3v) is 6.34. The first-order valence-corrected chi connectivity index (χ1v) is 11.9. The van der Waals surface area contributed by atoms with Gasteiger partial charge >= 0.3 is 0 Å². The van der Waals surface area contributed by atoms with Crippen molar-refractivity contribution < 1.29 is 22.7 Å². The number of hydrogen-bond acceptors (Lipinski definition) is 4. The highest BCUT2D eigenvalue weighted by Crippen LogP contribution is 2.23. The number of hydrogen-bond donors (Lipinski definition) is 1. The van der Waals surface area contributed by atoms with Crippen LogP contribution in [-0.2, 0) is 16.3 Å². The highest BCUT2D eigenvalue weighted by molar-refractivity contribution is 7.90. The van der Waals surface area contributed by atoms with Crippen LogP contribution in [0, 0.1) is 0 Å². The molecule has 0 saturated heterocycles. The number of fused-ring (bicyclic) bond motifs is 1. The monoisotopic (exact) mass is 428 g/mol. The Balaban J connectivity index is 1.55. The lowest BCUT2D eigenvalue weighted by Crippen LogP contribution is -2.48. The summed E-state index contributed by atoms with van der Waals surface area (Å²) in [7, 11) is 0.774. The summed E-state index contributed by atoms with van der Waals surface area (Å²) in [5.74, 6) is 0.278. The van der Waals surface area contributed by atoms with Gasteiger partial charge < -0.3 is 14.3 Å². The van der Waals surface area contributed by atoms with E-state index in [1.165, 1.54) is 22.4 Å². The third-order valence-electron chi connectivity index (χ3n) is 5.20. The summed E-state index contributed by atoms with van der Waals surface area (Å²) in [6.45, 7) is 1.42. The lowest BCUT2D eigenvalue weighted by Gasteiger charge is -2.32. The van der Waals surface area contributed by atoms with Crippen LogP contribution in [0.4, 0.5) is 0 Å². The molecule has 30 heavy (non-hydrogen) atoms. The van der Waals surface area contributed by atoms with Crippen LogP contribution in [-0.4, -0.2) is 64.2 Å². The Morgan fingerprint density at radius 2 is 1.63 bits per heavy atom. The summed E-state index contributed by atoms with van der Waals surface area (Å²) in [5.41, 5.74) is 1.27. The van der Waals surface area contributed by atoms with Gasteiger partial charge in [0.05, 0.1) is 20.6 Å². The molecule has 0 fully saturated rings. The number of aliphatic hydroxyl groups is 1. The van der Waals surface area contributed by atoms with Gasteiger partial charge in [-0.25, -0.2) is 8.42 Å². The molecule has 3 aromatic carbocycles. The molecule has 0 unspecified atom stereocenters. The maximum absolute atomic E-state index is 11.9. The Morgan fingerprint density at radius 3 is 2.37 bits per heavy atom. The molecule has 0 aromatic heterocycles. The lowest BCUT2D eigenvalue weighted by molar-refractivity contribution is -0.893. The van der Waals surface area contributed by atoms with Crippen molar-refractivity contribution in [1.82, 2.24) is 0 Å². The Hall–Kier alpha value is -2.41. The van der Waals surface area contributed by atoms with Crippen LogP contribution in [0.1, 0.15) is 5.56 Å². The molecule has 1 atom stereocenters. The minimum atomic E-state index is -3.38. The molecule has 6 heteroatoms. The highest BCUT2D eigenvalue weighted by Gasteiger charge is 2.22. The quantitative estimate of drug-likeness (QED) is 0.531. The first-order chi connectivity index (χ1) is 14.1. The van der Waals surface area contributed by atoms with Crippen molar-refractivity contribution in [3.63, 3.8) is 0 Å². The Labute approximate surface area is 179 Å². The van der Waals surface area contributed by atoms with E-state index in [9.17, 15) is 13.5 Å². The van der Waals surface area contributed by atoms with Crippen LogP contribution in [0.5, 0.6) is 5.75 Å². The van der Waals surface area contributed by atoms with Crippen LogP contribution in [0.25, 0.3) is 10.8 Å². The zero-order valence-electron chi connectivity index (χ0n) is 17.8. The average Bonchev–Trinajstić information content (AvgIpc) is 2.70. The van der Waals surface area contributed by atoms with E-state index < -0.39 is 15.9 Å². The summed E-state index contributed by atoms with van der Waals surface area (Å²) in [4.78, 5) is 0.141. The second-order valence-electron chi connectivity index (χ2n) is 8.46. The van der Waals surface area contributed by atoms with Gasteiger partial charge in [0.1, 0.15) is 29.9 Å². The average molecular weight is 429 g/mol. The molecule has 0 heterocycles. The molecule has 0 bridgehead atoms. The molecule has 0 aliphatic heterocycles. The number of likely N-dealkylation sites (N-methyl/N-ethyl adjacent to an activating group) is 1. The van der Waals surface area contributed by atoms with Gasteiger partial charge in [0, 0.05) is 12.7 Å². The van der Waals surface area contributed by atoms with E-state index in [1.807, 2.05) is 12.1 Å². The van der Waals surface area contributed by atoms with Crippen LogP contribution in [0.15, 0.2) is 71.6 Å². The Bertz CT molecular complexity index is 1110. The number of rotatable bonds is 9. The third kappa shape index (κ3) is 6.05. The highest BCUT2D eigenvalue weighted by atomic mass is 32.2. The predicted octanol–water partition coefficient (Wildman–Crippen LogP) is 3.30. The van der Waals surface area contributed by atoms with Crippen molar-refractivity contribution in [2.75, 3.05) is 40.0 Å². The first kappa shape index (κ1) is 22.3. The van der Waals surface area contributed by atoms with E-state index in [0.29, 0.717) is 11.0 Å². The topological polar surface area (TPSA) is 63.6 Å².